The Balaban J connectivity index is 1.69. The lowest BCUT2D eigenvalue weighted by atomic mass is 10.0. The van der Waals surface area contributed by atoms with Crippen molar-refractivity contribution in [1.29, 1.82) is 0 Å². The first-order chi connectivity index (χ1) is 19.7. The van der Waals surface area contributed by atoms with E-state index < -0.39 is 17.8 Å². The zero-order chi connectivity index (χ0) is 29.5. The lowest BCUT2D eigenvalue weighted by molar-refractivity contribution is -0.122. The molecule has 1 N–H and O–H groups in total. The summed E-state index contributed by atoms with van der Waals surface area (Å²) in [5.74, 6) is -0.184. The van der Waals surface area contributed by atoms with Gasteiger partial charge in [0.25, 0.3) is 11.8 Å². The third-order valence-electron chi connectivity index (χ3n) is 6.21. The molecule has 1 aliphatic heterocycles. The number of anilines is 1. The monoisotopic (exact) mass is 618 g/mol. The molecule has 9 heteroatoms. The molecular weight excluding hydrogens is 588 g/mol. The van der Waals surface area contributed by atoms with Crippen LogP contribution in [0.1, 0.15) is 36.1 Å². The number of carbonyl (C=O) groups excluding carboxylic acids is 3. The number of halogens is 1. The van der Waals surface area contributed by atoms with Gasteiger partial charge in [-0.2, -0.15) is 0 Å². The molecule has 0 aromatic heterocycles. The summed E-state index contributed by atoms with van der Waals surface area (Å²) in [6, 6.07) is 15.6. The number of hydrogen-bond donors (Lipinski definition) is 1. The maximum atomic E-state index is 13.6. The van der Waals surface area contributed by atoms with E-state index in [0.717, 1.165) is 21.6 Å². The largest absolute Gasteiger partial charge is 0.494 e. The smallest absolute Gasteiger partial charge is 0.336 e. The molecule has 1 heterocycles. The summed E-state index contributed by atoms with van der Waals surface area (Å²) in [4.78, 5) is 40.3. The Morgan fingerprint density at radius 1 is 0.951 bits per heavy atom. The average molecular weight is 620 g/mol. The topological polar surface area (TPSA) is 94.2 Å². The quantitative estimate of drug-likeness (QED) is 0.149. The van der Waals surface area contributed by atoms with E-state index in [9.17, 15) is 14.4 Å². The van der Waals surface area contributed by atoms with Crippen LogP contribution in [0.4, 0.5) is 10.5 Å². The number of nitrogens with one attached hydrogen (secondary N) is 1. The first-order valence-electron chi connectivity index (χ1n) is 13.2. The van der Waals surface area contributed by atoms with Crippen molar-refractivity contribution in [1.82, 2.24) is 5.32 Å². The summed E-state index contributed by atoms with van der Waals surface area (Å²) in [5.41, 5.74) is 3.53. The molecule has 4 rings (SSSR count). The van der Waals surface area contributed by atoms with E-state index >= 15 is 0 Å². The molecule has 0 aliphatic carbocycles. The summed E-state index contributed by atoms with van der Waals surface area (Å²) in [5, 5.41) is 2.27. The Kier molecular flexibility index (Phi) is 9.62. The normalized spacial score (nSPS) is 14.2. The third-order valence-corrected chi connectivity index (χ3v) is 6.79. The summed E-state index contributed by atoms with van der Waals surface area (Å²) >= 11 is 3.59. The molecule has 41 heavy (non-hydrogen) atoms. The first-order valence-corrected chi connectivity index (χ1v) is 14.0. The summed E-state index contributed by atoms with van der Waals surface area (Å²) in [6.07, 6.45) is 3.69. The molecule has 212 valence electrons. The molecule has 3 aromatic rings. The molecule has 0 radical (unpaired) electrons. The lowest BCUT2D eigenvalue weighted by Gasteiger charge is -2.28. The van der Waals surface area contributed by atoms with E-state index in [1.807, 2.05) is 44.2 Å². The molecule has 0 bridgehead atoms. The molecule has 8 nitrogen and oxygen atoms in total. The van der Waals surface area contributed by atoms with Crippen LogP contribution in [0, 0.1) is 6.92 Å². The van der Waals surface area contributed by atoms with Crippen molar-refractivity contribution in [3.63, 3.8) is 0 Å². The van der Waals surface area contributed by atoms with Gasteiger partial charge < -0.3 is 14.2 Å². The van der Waals surface area contributed by atoms with Crippen molar-refractivity contribution in [2.45, 2.75) is 33.8 Å². The number of carbonyl (C=O) groups is 3. The van der Waals surface area contributed by atoms with Gasteiger partial charge in [0, 0.05) is 6.07 Å². The fourth-order valence-electron chi connectivity index (χ4n) is 4.31. The molecule has 4 amide bonds. The summed E-state index contributed by atoms with van der Waals surface area (Å²) in [6.45, 7) is 10.6. The van der Waals surface area contributed by atoms with Crippen LogP contribution in [0.3, 0.4) is 0 Å². The number of benzene rings is 3. The zero-order valence-electron chi connectivity index (χ0n) is 23.2. The number of urea groups is 1. The van der Waals surface area contributed by atoms with Crippen molar-refractivity contribution < 1.29 is 28.6 Å². The summed E-state index contributed by atoms with van der Waals surface area (Å²) < 4.78 is 18.0. The van der Waals surface area contributed by atoms with E-state index in [1.165, 1.54) is 6.08 Å². The van der Waals surface area contributed by atoms with Crippen LogP contribution in [0.15, 0.2) is 77.3 Å². The highest BCUT2D eigenvalue weighted by Gasteiger charge is 2.38. The van der Waals surface area contributed by atoms with E-state index in [2.05, 4.69) is 27.8 Å². The Bertz CT molecular complexity index is 1510. The van der Waals surface area contributed by atoms with Gasteiger partial charge in [-0.1, -0.05) is 35.9 Å². The van der Waals surface area contributed by atoms with Gasteiger partial charge in [-0.15, -0.1) is 6.58 Å². The molecule has 0 atom stereocenters. The molecular formula is C32H31BrN2O6. The van der Waals surface area contributed by atoms with Crippen LogP contribution < -0.4 is 24.4 Å². The summed E-state index contributed by atoms with van der Waals surface area (Å²) in [7, 11) is 0. The average Bonchev–Trinajstić information content (AvgIpc) is 2.93. The van der Waals surface area contributed by atoms with Crippen LogP contribution >= 0.6 is 15.9 Å². The highest BCUT2D eigenvalue weighted by molar-refractivity contribution is 9.10. The number of nitrogens with zero attached hydrogens (tertiary/aromatic N) is 1. The predicted molar refractivity (Wildman–Crippen MR) is 161 cm³/mol. The van der Waals surface area contributed by atoms with E-state index in [1.54, 1.807) is 37.3 Å². The molecule has 0 unspecified atom stereocenters. The van der Waals surface area contributed by atoms with Crippen LogP contribution in [0.25, 0.3) is 6.08 Å². The van der Waals surface area contributed by atoms with E-state index in [0.29, 0.717) is 53.5 Å². The fourth-order valence-corrected chi connectivity index (χ4v) is 4.95. The lowest BCUT2D eigenvalue weighted by Crippen LogP contribution is -2.54. The Hall–Kier alpha value is -4.37. The Morgan fingerprint density at radius 3 is 2.37 bits per heavy atom. The number of amides is 4. The second kappa shape index (κ2) is 13.3. The number of ether oxygens (including phenoxy) is 3. The second-order valence-electron chi connectivity index (χ2n) is 9.21. The van der Waals surface area contributed by atoms with Crippen molar-refractivity contribution in [2.24, 2.45) is 0 Å². The maximum Gasteiger partial charge on any atom is 0.336 e. The molecule has 1 fully saturated rings. The van der Waals surface area contributed by atoms with Crippen LogP contribution in [-0.4, -0.2) is 31.1 Å². The van der Waals surface area contributed by atoms with Crippen molar-refractivity contribution in [3.05, 3.63) is 99.6 Å². The number of imide groups is 2. The minimum absolute atomic E-state index is 0.173. The van der Waals surface area contributed by atoms with Crippen LogP contribution in [0.2, 0.25) is 0 Å². The number of allylic oxidation sites excluding steroid dienone is 1. The molecule has 3 aromatic carbocycles. The highest BCUT2D eigenvalue weighted by atomic mass is 79.9. The van der Waals surface area contributed by atoms with E-state index in [-0.39, 0.29) is 11.3 Å². The van der Waals surface area contributed by atoms with Gasteiger partial charge in [-0.05, 0) is 90.2 Å². The predicted octanol–water partition coefficient (Wildman–Crippen LogP) is 6.53. The zero-order valence-corrected chi connectivity index (χ0v) is 24.7. The van der Waals surface area contributed by atoms with Crippen molar-refractivity contribution in [3.8, 4) is 17.2 Å². The van der Waals surface area contributed by atoms with Crippen molar-refractivity contribution in [2.75, 3.05) is 18.1 Å². The van der Waals surface area contributed by atoms with Gasteiger partial charge in [0.2, 0.25) is 0 Å². The molecule has 1 saturated heterocycles. The van der Waals surface area contributed by atoms with Gasteiger partial charge in [0.15, 0.2) is 0 Å². The fraction of sp³-hybridized carbons (Fsp3) is 0.219. The van der Waals surface area contributed by atoms with Gasteiger partial charge in [-0.3, -0.25) is 14.9 Å². The first kappa shape index (κ1) is 29.6. The van der Waals surface area contributed by atoms with Gasteiger partial charge in [0.1, 0.15) is 29.4 Å². The Morgan fingerprint density at radius 2 is 1.68 bits per heavy atom. The van der Waals surface area contributed by atoms with Gasteiger partial charge >= 0.3 is 6.03 Å². The van der Waals surface area contributed by atoms with Crippen LogP contribution in [0.5, 0.6) is 17.2 Å². The van der Waals surface area contributed by atoms with Crippen molar-refractivity contribution >= 4 is 45.5 Å². The van der Waals surface area contributed by atoms with Gasteiger partial charge in [0.05, 0.1) is 23.4 Å². The molecule has 1 aliphatic rings. The molecule has 0 spiro atoms. The maximum absolute atomic E-state index is 13.6. The third kappa shape index (κ3) is 6.86. The standard InChI is InChI=1S/C32H31BrN2O6/c1-5-8-23-15-22(17-26(33)29(23)41-19-21-11-9-20(4)10-12-21)16-25-30(36)34-32(38)35(31(25)37)27-18-24(39-6-2)13-14-28(27)40-7-3/h5,9-18H,1,6-8,19H2,2-4H3,(H,34,36,38)/b25-16+. The highest BCUT2D eigenvalue weighted by Crippen LogP contribution is 2.36. The number of rotatable bonds is 11. The van der Waals surface area contributed by atoms with E-state index in [4.69, 9.17) is 14.2 Å². The number of aryl methyl sites for hydroxylation is 1. The minimum atomic E-state index is -0.875. The second-order valence-corrected chi connectivity index (χ2v) is 10.1. The SMILES string of the molecule is C=CCc1cc(/C=C2\C(=O)NC(=O)N(c3cc(OCC)ccc3OCC)C2=O)cc(Br)c1OCc1ccc(C)cc1. The Labute approximate surface area is 247 Å². The van der Waals surface area contributed by atoms with Gasteiger partial charge in [-0.25, -0.2) is 9.69 Å². The minimum Gasteiger partial charge on any atom is -0.494 e. The number of barbiturate groups is 1. The number of hydrogen-bond acceptors (Lipinski definition) is 6. The molecule has 0 saturated carbocycles. The van der Waals surface area contributed by atoms with Crippen LogP contribution in [-0.2, 0) is 22.6 Å².